The fourth-order valence-corrected chi connectivity index (χ4v) is 2.98. The Bertz CT molecular complexity index is 787. The van der Waals surface area contributed by atoms with Crippen molar-refractivity contribution in [2.24, 2.45) is 5.92 Å². The smallest absolute Gasteiger partial charge is 0.280 e. The van der Waals surface area contributed by atoms with Crippen LogP contribution in [0.5, 0.6) is 5.75 Å². The number of ether oxygens (including phenoxy) is 1. The van der Waals surface area contributed by atoms with Gasteiger partial charge in [0.2, 0.25) is 0 Å². The molecule has 0 aliphatic carbocycles. The van der Waals surface area contributed by atoms with Gasteiger partial charge in [-0.1, -0.05) is 31.5 Å². The molecule has 7 heteroatoms. The van der Waals surface area contributed by atoms with Crippen LogP contribution in [0.3, 0.4) is 0 Å². The van der Waals surface area contributed by atoms with E-state index in [0.717, 1.165) is 11.1 Å². The number of hydrogen-bond acceptors (Lipinski definition) is 3. The molecule has 1 atom stereocenters. The van der Waals surface area contributed by atoms with Crippen LogP contribution >= 0.6 is 0 Å². The van der Waals surface area contributed by atoms with Gasteiger partial charge in [-0.3, -0.25) is 9.48 Å². The third-order valence-electron chi connectivity index (χ3n) is 4.12. The normalized spacial score (nSPS) is 16.2. The third kappa shape index (κ3) is 3.50. The van der Waals surface area contributed by atoms with E-state index in [-0.39, 0.29) is 29.8 Å². The van der Waals surface area contributed by atoms with Crippen LogP contribution in [-0.4, -0.2) is 22.3 Å². The van der Waals surface area contributed by atoms with E-state index in [1.807, 2.05) is 39.0 Å². The molecule has 1 N–H and O–H groups in total. The summed E-state index contributed by atoms with van der Waals surface area (Å²) in [6, 6.07) is 5.35. The number of nitrogens with zero attached hydrogens (tertiary/aromatic N) is 2. The molecule has 0 radical (unpaired) electrons. The first-order chi connectivity index (χ1) is 11.9. The van der Waals surface area contributed by atoms with Crippen molar-refractivity contribution >= 4 is 5.91 Å². The fourth-order valence-electron chi connectivity index (χ4n) is 2.98. The molecule has 0 bridgehead atoms. The summed E-state index contributed by atoms with van der Waals surface area (Å²) in [5.74, 6) is 0.292. The summed E-state index contributed by atoms with van der Waals surface area (Å²) < 4.78 is 33.7. The molecular formula is C18H21F2N3O2. The molecule has 2 aromatic rings. The summed E-state index contributed by atoms with van der Waals surface area (Å²) in [6.45, 7) is 6.39. The summed E-state index contributed by atoms with van der Waals surface area (Å²) in [7, 11) is 0. The van der Waals surface area contributed by atoms with Gasteiger partial charge in [0.15, 0.2) is 0 Å². The van der Waals surface area contributed by atoms with Gasteiger partial charge in [-0.05, 0) is 18.9 Å². The second-order valence-corrected chi connectivity index (χ2v) is 6.70. The number of amides is 1. The average molecular weight is 349 g/mol. The lowest BCUT2D eigenvalue weighted by molar-refractivity contribution is 0.0912. The highest BCUT2D eigenvalue weighted by Crippen LogP contribution is 2.33. The average Bonchev–Trinajstić information content (AvgIpc) is 3.11. The lowest BCUT2D eigenvalue weighted by Crippen LogP contribution is -2.30. The Morgan fingerprint density at radius 3 is 2.88 bits per heavy atom. The molecule has 25 heavy (non-hydrogen) atoms. The number of carbonyl (C=O) groups is 1. The molecule has 0 spiro atoms. The van der Waals surface area contributed by atoms with Crippen LogP contribution in [0.1, 0.15) is 53.5 Å². The van der Waals surface area contributed by atoms with Gasteiger partial charge in [-0.2, -0.15) is 5.10 Å². The third-order valence-corrected chi connectivity index (χ3v) is 4.12. The highest BCUT2D eigenvalue weighted by atomic mass is 19.3. The maximum Gasteiger partial charge on any atom is 0.280 e. The summed E-state index contributed by atoms with van der Waals surface area (Å²) in [5.41, 5.74) is 1.48. The molecule has 1 amide bonds. The van der Waals surface area contributed by atoms with Gasteiger partial charge < -0.3 is 10.1 Å². The van der Waals surface area contributed by atoms with Crippen LogP contribution in [0, 0.1) is 12.8 Å². The Morgan fingerprint density at radius 1 is 1.44 bits per heavy atom. The first kappa shape index (κ1) is 17.4. The van der Waals surface area contributed by atoms with Gasteiger partial charge in [0.25, 0.3) is 12.3 Å². The summed E-state index contributed by atoms with van der Waals surface area (Å²) in [6.07, 6.45) is -1.55. The highest BCUT2D eigenvalue weighted by Gasteiger charge is 2.30. The zero-order valence-corrected chi connectivity index (χ0v) is 14.4. The molecule has 0 fully saturated rings. The number of rotatable bonds is 5. The molecule has 5 nitrogen and oxygen atoms in total. The van der Waals surface area contributed by atoms with Crippen LogP contribution in [0.2, 0.25) is 0 Å². The number of alkyl halides is 2. The van der Waals surface area contributed by atoms with E-state index in [4.69, 9.17) is 4.74 Å². The second-order valence-electron chi connectivity index (χ2n) is 6.70. The highest BCUT2D eigenvalue weighted by molar-refractivity contribution is 5.95. The molecule has 0 saturated heterocycles. The fraction of sp³-hybridized carbons (Fsp3) is 0.444. The number of carbonyl (C=O) groups excluding carboxylic acids is 1. The van der Waals surface area contributed by atoms with Crippen molar-refractivity contribution in [1.82, 2.24) is 15.1 Å². The lowest BCUT2D eigenvalue weighted by atomic mass is 10.1. The Morgan fingerprint density at radius 2 is 2.20 bits per heavy atom. The first-order valence-electron chi connectivity index (χ1n) is 8.25. The van der Waals surface area contributed by atoms with Gasteiger partial charge in [0.1, 0.15) is 18.1 Å². The van der Waals surface area contributed by atoms with E-state index < -0.39 is 12.3 Å². The largest absolute Gasteiger partial charge is 0.491 e. The molecule has 3 rings (SSSR count). The van der Waals surface area contributed by atoms with E-state index >= 15 is 0 Å². The molecule has 1 aromatic heterocycles. The number of halogens is 2. The monoisotopic (exact) mass is 349 g/mol. The molecule has 0 unspecified atom stereocenters. The number of aryl methyl sites for hydroxylation is 1. The van der Waals surface area contributed by atoms with E-state index in [1.165, 1.54) is 10.9 Å². The molecule has 2 heterocycles. The number of hydrogen-bond donors (Lipinski definition) is 1. The first-order valence-corrected chi connectivity index (χ1v) is 8.25. The Hall–Kier alpha value is -2.44. The second kappa shape index (κ2) is 6.82. The van der Waals surface area contributed by atoms with Gasteiger partial charge in [-0.25, -0.2) is 8.78 Å². The van der Waals surface area contributed by atoms with E-state index in [9.17, 15) is 13.6 Å². The summed E-state index contributed by atoms with van der Waals surface area (Å²) in [5, 5.41) is 6.77. The SMILES string of the molecule is Cc1ccc2c(c1)[C@@H](NC(=O)c1cnn(CC(C)C)c1C(F)F)CO2. The molecule has 0 saturated carbocycles. The van der Waals surface area contributed by atoms with E-state index in [1.54, 1.807) is 0 Å². The lowest BCUT2D eigenvalue weighted by Gasteiger charge is -2.14. The van der Waals surface area contributed by atoms with Crippen LogP contribution in [0.15, 0.2) is 24.4 Å². The maximum atomic E-state index is 13.5. The molecular weight excluding hydrogens is 328 g/mol. The molecule has 1 aromatic carbocycles. The Labute approximate surface area is 145 Å². The zero-order valence-electron chi connectivity index (χ0n) is 14.4. The van der Waals surface area contributed by atoms with E-state index in [0.29, 0.717) is 12.3 Å². The minimum atomic E-state index is -2.77. The standard InChI is InChI=1S/C18H21F2N3O2/c1-10(2)8-23-16(17(19)20)13(7-21-23)18(24)22-14-9-25-15-5-4-11(3)6-12(14)15/h4-7,10,14,17H,8-9H2,1-3H3,(H,22,24)/t14-/m0/s1. The zero-order chi connectivity index (χ0) is 18.1. The van der Waals surface area contributed by atoms with Gasteiger partial charge in [0, 0.05) is 12.1 Å². The predicted octanol–water partition coefficient (Wildman–Crippen LogP) is 3.65. The van der Waals surface area contributed by atoms with Crippen molar-refractivity contribution in [3.63, 3.8) is 0 Å². The topological polar surface area (TPSA) is 56.2 Å². The minimum absolute atomic E-state index is 0.0863. The van der Waals surface area contributed by atoms with Crippen molar-refractivity contribution in [3.8, 4) is 5.75 Å². The number of aromatic nitrogens is 2. The predicted molar refractivity (Wildman–Crippen MR) is 88.9 cm³/mol. The van der Waals surface area contributed by atoms with Crippen molar-refractivity contribution in [3.05, 3.63) is 46.8 Å². The van der Waals surface area contributed by atoms with Crippen molar-refractivity contribution in [1.29, 1.82) is 0 Å². The van der Waals surface area contributed by atoms with Crippen LogP contribution < -0.4 is 10.1 Å². The Kier molecular flexibility index (Phi) is 4.74. The van der Waals surface area contributed by atoms with Crippen LogP contribution in [0.4, 0.5) is 8.78 Å². The molecule has 1 aliphatic heterocycles. The summed E-state index contributed by atoms with van der Waals surface area (Å²) >= 11 is 0. The van der Waals surface area contributed by atoms with Crippen LogP contribution in [-0.2, 0) is 6.54 Å². The Balaban J connectivity index is 1.83. The van der Waals surface area contributed by atoms with Crippen molar-refractivity contribution < 1.29 is 18.3 Å². The number of fused-ring (bicyclic) bond motifs is 1. The maximum absolute atomic E-state index is 13.5. The number of benzene rings is 1. The van der Waals surface area contributed by atoms with Gasteiger partial charge in [0.05, 0.1) is 17.8 Å². The van der Waals surface area contributed by atoms with Crippen LogP contribution in [0.25, 0.3) is 0 Å². The molecule has 1 aliphatic rings. The van der Waals surface area contributed by atoms with E-state index in [2.05, 4.69) is 10.4 Å². The quantitative estimate of drug-likeness (QED) is 0.896. The van der Waals surface area contributed by atoms with Gasteiger partial charge >= 0.3 is 0 Å². The van der Waals surface area contributed by atoms with Gasteiger partial charge in [-0.15, -0.1) is 0 Å². The minimum Gasteiger partial charge on any atom is -0.491 e. The molecule has 134 valence electrons. The van der Waals surface area contributed by atoms with Crippen molar-refractivity contribution in [2.75, 3.05) is 6.61 Å². The number of nitrogens with one attached hydrogen (secondary N) is 1. The van der Waals surface area contributed by atoms with Crippen molar-refractivity contribution in [2.45, 2.75) is 39.8 Å². The summed E-state index contributed by atoms with van der Waals surface area (Å²) in [4.78, 5) is 12.6.